The molecule has 1 unspecified atom stereocenters. The number of benzene rings is 1. The molecule has 8 heteroatoms. The Balaban J connectivity index is 1.56. The van der Waals surface area contributed by atoms with Gasteiger partial charge in [0.1, 0.15) is 6.33 Å². The molecular formula is C18H23N5O2S. The van der Waals surface area contributed by atoms with E-state index in [1.165, 1.54) is 11.8 Å². The zero-order valence-corrected chi connectivity index (χ0v) is 15.6. The maximum atomic E-state index is 12.5. The fourth-order valence-corrected chi connectivity index (χ4v) is 3.47. The molecule has 0 aliphatic carbocycles. The minimum absolute atomic E-state index is 0.0673. The second-order valence-corrected chi connectivity index (χ2v) is 7.26. The van der Waals surface area contributed by atoms with Gasteiger partial charge in [0, 0.05) is 31.0 Å². The maximum absolute atomic E-state index is 12.5. The van der Waals surface area contributed by atoms with E-state index < -0.39 is 0 Å². The minimum Gasteiger partial charge on any atom is -0.378 e. The van der Waals surface area contributed by atoms with Crippen LogP contribution in [0.1, 0.15) is 6.92 Å². The lowest BCUT2D eigenvalue weighted by Crippen LogP contribution is -2.36. The lowest BCUT2D eigenvalue weighted by atomic mass is 10.2. The number of nitrogens with zero attached hydrogens (tertiary/aromatic N) is 4. The minimum atomic E-state index is -0.290. The number of anilines is 2. The Hall–Kier alpha value is -2.32. The predicted molar refractivity (Wildman–Crippen MR) is 104 cm³/mol. The zero-order valence-electron chi connectivity index (χ0n) is 14.8. The van der Waals surface area contributed by atoms with Gasteiger partial charge in [-0.1, -0.05) is 17.8 Å². The first-order valence-electron chi connectivity index (χ1n) is 8.56. The first kappa shape index (κ1) is 18.5. The number of hydrogen-bond donors (Lipinski definition) is 1. The molecule has 0 radical (unpaired) electrons. The van der Waals surface area contributed by atoms with Crippen molar-refractivity contribution in [2.45, 2.75) is 23.9 Å². The molecule has 2 heterocycles. The number of morpholine rings is 1. The van der Waals surface area contributed by atoms with Crippen LogP contribution in [0.3, 0.4) is 0 Å². The van der Waals surface area contributed by atoms with Crippen molar-refractivity contribution in [3.05, 3.63) is 43.2 Å². The van der Waals surface area contributed by atoms with Crippen molar-refractivity contribution in [1.29, 1.82) is 0 Å². The fourth-order valence-electron chi connectivity index (χ4n) is 2.63. The highest BCUT2D eigenvalue weighted by Gasteiger charge is 2.18. The van der Waals surface area contributed by atoms with E-state index in [4.69, 9.17) is 4.74 Å². The number of thioether (sulfide) groups is 1. The number of carbonyl (C=O) groups is 1. The highest BCUT2D eigenvalue weighted by atomic mass is 32.2. The van der Waals surface area contributed by atoms with E-state index in [9.17, 15) is 4.79 Å². The lowest BCUT2D eigenvalue weighted by Gasteiger charge is -2.28. The predicted octanol–water partition coefficient (Wildman–Crippen LogP) is 2.42. The van der Waals surface area contributed by atoms with Crippen molar-refractivity contribution in [2.24, 2.45) is 0 Å². The molecule has 1 atom stereocenters. The summed E-state index contributed by atoms with van der Waals surface area (Å²) in [4.78, 5) is 14.7. The third kappa shape index (κ3) is 4.64. The lowest BCUT2D eigenvalue weighted by molar-refractivity contribution is -0.115. The van der Waals surface area contributed by atoms with Gasteiger partial charge in [-0.05, 0) is 31.2 Å². The standard InChI is InChI=1S/C18H23N5O2S/c1-3-8-23-13-19-21-18(23)26-14(2)17(24)20-15-4-6-16(7-5-15)22-9-11-25-12-10-22/h3-7,13-14H,1,8-12H2,2H3,(H,20,24). The SMILES string of the molecule is C=CCn1cnnc1SC(C)C(=O)Nc1ccc(N2CCOCC2)cc1. The van der Waals surface area contributed by atoms with Crippen molar-refractivity contribution in [1.82, 2.24) is 14.8 Å². The topological polar surface area (TPSA) is 72.3 Å². The third-order valence-electron chi connectivity index (χ3n) is 4.07. The van der Waals surface area contributed by atoms with Crippen molar-refractivity contribution >= 4 is 29.0 Å². The first-order chi connectivity index (χ1) is 12.7. The molecule has 0 bridgehead atoms. The molecule has 7 nitrogen and oxygen atoms in total. The van der Waals surface area contributed by atoms with Crippen molar-refractivity contribution in [3.63, 3.8) is 0 Å². The molecule has 1 N–H and O–H groups in total. The Morgan fingerprint density at radius 1 is 1.38 bits per heavy atom. The molecule has 1 aromatic heterocycles. The van der Waals surface area contributed by atoms with E-state index in [1.54, 1.807) is 12.4 Å². The van der Waals surface area contributed by atoms with Crippen LogP contribution in [-0.2, 0) is 16.1 Å². The quantitative estimate of drug-likeness (QED) is 0.594. The van der Waals surface area contributed by atoms with Crippen LogP contribution in [0.25, 0.3) is 0 Å². The number of carbonyl (C=O) groups excluding carboxylic acids is 1. The molecule has 0 saturated carbocycles. The number of hydrogen-bond acceptors (Lipinski definition) is 6. The Morgan fingerprint density at radius 3 is 2.81 bits per heavy atom. The highest BCUT2D eigenvalue weighted by molar-refractivity contribution is 8.00. The maximum Gasteiger partial charge on any atom is 0.237 e. The molecule has 1 aliphatic rings. The average Bonchev–Trinajstić information content (AvgIpc) is 3.10. The molecule has 0 spiro atoms. The third-order valence-corrected chi connectivity index (χ3v) is 5.16. The van der Waals surface area contributed by atoms with Gasteiger partial charge in [0.25, 0.3) is 0 Å². The van der Waals surface area contributed by atoms with E-state index in [0.717, 1.165) is 37.7 Å². The summed E-state index contributed by atoms with van der Waals surface area (Å²) < 4.78 is 7.23. The van der Waals surface area contributed by atoms with E-state index in [-0.39, 0.29) is 11.2 Å². The average molecular weight is 373 g/mol. The van der Waals surface area contributed by atoms with E-state index in [2.05, 4.69) is 27.0 Å². The molecular weight excluding hydrogens is 350 g/mol. The monoisotopic (exact) mass is 373 g/mol. The van der Waals surface area contributed by atoms with Crippen LogP contribution >= 0.6 is 11.8 Å². The first-order valence-corrected chi connectivity index (χ1v) is 9.44. The summed E-state index contributed by atoms with van der Waals surface area (Å²) in [5.74, 6) is -0.0673. The molecule has 1 saturated heterocycles. The van der Waals surface area contributed by atoms with Gasteiger partial charge >= 0.3 is 0 Å². The van der Waals surface area contributed by atoms with Crippen LogP contribution in [0.2, 0.25) is 0 Å². The highest BCUT2D eigenvalue weighted by Crippen LogP contribution is 2.23. The Labute approximate surface area is 157 Å². The zero-order chi connectivity index (χ0) is 18.4. The number of amides is 1. The van der Waals surface area contributed by atoms with Gasteiger partial charge in [-0.15, -0.1) is 16.8 Å². The van der Waals surface area contributed by atoms with Gasteiger partial charge in [-0.25, -0.2) is 0 Å². The molecule has 3 rings (SSSR count). The molecule has 1 fully saturated rings. The fraction of sp³-hybridized carbons (Fsp3) is 0.389. The smallest absolute Gasteiger partial charge is 0.237 e. The Bertz CT molecular complexity index is 740. The molecule has 1 aromatic carbocycles. The van der Waals surface area contributed by atoms with E-state index in [0.29, 0.717) is 11.7 Å². The van der Waals surface area contributed by atoms with Gasteiger partial charge in [-0.2, -0.15) is 0 Å². The number of aromatic nitrogens is 3. The van der Waals surface area contributed by atoms with Crippen LogP contribution in [-0.4, -0.2) is 52.2 Å². The summed E-state index contributed by atoms with van der Waals surface area (Å²) in [6, 6.07) is 7.92. The van der Waals surface area contributed by atoms with Gasteiger partial charge in [0.2, 0.25) is 5.91 Å². The van der Waals surface area contributed by atoms with Gasteiger partial charge in [0.05, 0.1) is 18.5 Å². The number of nitrogens with one attached hydrogen (secondary N) is 1. The van der Waals surface area contributed by atoms with Crippen molar-refractivity contribution in [2.75, 3.05) is 36.5 Å². The summed E-state index contributed by atoms with van der Waals surface area (Å²) in [6.07, 6.45) is 3.41. The number of ether oxygens (including phenoxy) is 1. The summed E-state index contributed by atoms with van der Waals surface area (Å²) in [5.41, 5.74) is 1.93. The second-order valence-electron chi connectivity index (χ2n) is 5.95. The van der Waals surface area contributed by atoms with Crippen LogP contribution in [0, 0.1) is 0 Å². The molecule has 1 aliphatic heterocycles. The summed E-state index contributed by atoms with van der Waals surface area (Å²) in [7, 11) is 0. The molecule has 26 heavy (non-hydrogen) atoms. The van der Waals surface area contributed by atoms with Crippen LogP contribution < -0.4 is 10.2 Å². The van der Waals surface area contributed by atoms with E-state index >= 15 is 0 Å². The van der Waals surface area contributed by atoms with Gasteiger partial charge in [0.15, 0.2) is 5.16 Å². The molecule has 2 aromatic rings. The van der Waals surface area contributed by atoms with Crippen molar-refractivity contribution in [3.8, 4) is 0 Å². The van der Waals surface area contributed by atoms with Crippen LogP contribution in [0.15, 0.2) is 48.4 Å². The summed E-state index contributed by atoms with van der Waals surface area (Å²) in [6.45, 7) is 9.48. The molecule has 138 valence electrons. The Morgan fingerprint density at radius 2 is 2.12 bits per heavy atom. The van der Waals surface area contributed by atoms with Gasteiger partial charge < -0.3 is 19.5 Å². The summed E-state index contributed by atoms with van der Waals surface area (Å²) >= 11 is 1.38. The normalized spacial score (nSPS) is 15.5. The van der Waals surface area contributed by atoms with E-state index in [1.807, 2.05) is 35.8 Å². The summed E-state index contributed by atoms with van der Waals surface area (Å²) in [5, 5.41) is 11.3. The van der Waals surface area contributed by atoms with Crippen LogP contribution in [0.5, 0.6) is 0 Å². The second kappa shape index (κ2) is 8.86. The largest absolute Gasteiger partial charge is 0.378 e. The number of rotatable bonds is 7. The Kier molecular flexibility index (Phi) is 6.30. The van der Waals surface area contributed by atoms with Crippen LogP contribution in [0.4, 0.5) is 11.4 Å². The van der Waals surface area contributed by atoms with Gasteiger partial charge in [-0.3, -0.25) is 4.79 Å². The van der Waals surface area contributed by atoms with Crippen molar-refractivity contribution < 1.29 is 9.53 Å². The number of allylic oxidation sites excluding steroid dienone is 1. The molecule has 1 amide bonds.